The number of piperazine rings is 1. The lowest BCUT2D eigenvalue weighted by atomic mass is 10.00. The first-order valence-electron chi connectivity index (χ1n) is 11.9. The van der Waals surface area contributed by atoms with E-state index >= 15 is 4.39 Å². The van der Waals surface area contributed by atoms with Crippen LogP contribution >= 0.6 is 22.9 Å². The highest BCUT2D eigenvalue weighted by Crippen LogP contribution is 2.45. The highest BCUT2D eigenvalue weighted by Gasteiger charge is 2.38. The Kier molecular flexibility index (Phi) is 6.75. The second-order valence-electron chi connectivity index (χ2n) is 10.0. The van der Waals surface area contributed by atoms with E-state index in [-0.39, 0.29) is 69.1 Å². The highest BCUT2D eigenvalue weighted by atomic mass is 35.5. The Morgan fingerprint density at radius 2 is 1.97 bits per heavy atom. The van der Waals surface area contributed by atoms with Gasteiger partial charge in [-0.3, -0.25) is 10.1 Å². The van der Waals surface area contributed by atoms with E-state index in [2.05, 4.69) is 10.3 Å². The van der Waals surface area contributed by atoms with Crippen molar-refractivity contribution in [3.8, 4) is 16.9 Å². The third-order valence-corrected chi connectivity index (χ3v) is 7.55. The van der Waals surface area contributed by atoms with Gasteiger partial charge in [0, 0.05) is 30.8 Å². The van der Waals surface area contributed by atoms with Gasteiger partial charge >= 0.3 is 12.2 Å². The number of rotatable bonds is 2. The zero-order valence-electron chi connectivity index (χ0n) is 21.0. The minimum absolute atomic E-state index is 0.0307. The van der Waals surface area contributed by atoms with Crippen molar-refractivity contribution in [1.29, 1.82) is 0 Å². The van der Waals surface area contributed by atoms with Crippen LogP contribution in [0.15, 0.2) is 18.2 Å². The lowest BCUT2D eigenvalue weighted by Gasteiger charge is -2.38. The summed E-state index contributed by atoms with van der Waals surface area (Å²) in [6, 6.07) is 2.85. The molecule has 3 heterocycles. The molecule has 0 radical (unpaired) electrons. The minimum Gasteiger partial charge on any atom is -0.489 e. The van der Waals surface area contributed by atoms with Crippen LogP contribution in [0.3, 0.4) is 0 Å². The Balaban J connectivity index is 1.55. The Hall–Kier alpha value is -3.71. The van der Waals surface area contributed by atoms with Gasteiger partial charge in [0.25, 0.3) is 5.91 Å². The predicted molar refractivity (Wildman–Crippen MR) is 140 cm³/mol. The van der Waals surface area contributed by atoms with Gasteiger partial charge in [0.05, 0.1) is 26.8 Å². The zero-order valence-corrected chi connectivity index (χ0v) is 22.6. The van der Waals surface area contributed by atoms with E-state index in [1.54, 1.807) is 20.8 Å². The molecule has 2 aromatic carbocycles. The molecule has 0 saturated carbocycles. The van der Waals surface area contributed by atoms with Gasteiger partial charge in [-0.05, 0) is 39.0 Å². The van der Waals surface area contributed by atoms with E-state index in [1.807, 2.05) is 0 Å². The van der Waals surface area contributed by atoms with Crippen LogP contribution in [0, 0.1) is 11.6 Å². The number of hydrogen-bond acceptors (Lipinski definition) is 7. The number of nitrogens with one attached hydrogen (secondary N) is 1. The zero-order chi connectivity index (χ0) is 28.2. The standard InChI is InChI=1S/C25H23ClF2N4O6S/c1-25(2,3)38-23(34)30-22-29-18-12(4-5-14(27)20(18)39-22)16-15(28)8-13-19(17(16)26)37-10-11-9-31(24(35)36)6-7-32(11)21(13)33/h4-5,8,11H,6-7,9-10H2,1-3H3,(H,35,36)(H,29,30,34)/t11-/m1/s1. The van der Waals surface area contributed by atoms with E-state index in [0.717, 1.165) is 23.5 Å². The summed E-state index contributed by atoms with van der Waals surface area (Å²) in [4.78, 5) is 43.9. The smallest absolute Gasteiger partial charge is 0.413 e. The van der Waals surface area contributed by atoms with Crippen molar-refractivity contribution in [2.45, 2.75) is 32.4 Å². The molecular weight excluding hydrogens is 558 g/mol. The Morgan fingerprint density at radius 1 is 1.23 bits per heavy atom. The molecule has 10 nitrogen and oxygen atoms in total. The molecule has 3 amide bonds. The number of carbonyl (C=O) groups is 3. The molecule has 2 aliphatic rings. The molecule has 14 heteroatoms. The van der Waals surface area contributed by atoms with Crippen molar-refractivity contribution in [3.63, 3.8) is 0 Å². The molecule has 0 unspecified atom stereocenters. The van der Waals surface area contributed by atoms with E-state index in [4.69, 9.17) is 21.1 Å². The van der Waals surface area contributed by atoms with Crippen LogP contribution in [0.4, 0.5) is 23.5 Å². The lowest BCUT2D eigenvalue weighted by molar-refractivity contribution is 0.0390. The molecule has 206 valence electrons. The Bertz CT molecular complexity index is 1520. The van der Waals surface area contributed by atoms with E-state index in [9.17, 15) is 23.9 Å². The number of carboxylic acid groups (broad SMARTS) is 1. The van der Waals surface area contributed by atoms with Crippen molar-refractivity contribution >= 4 is 56.4 Å². The number of aromatic nitrogens is 1. The summed E-state index contributed by atoms with van der Waals surface area (Å²) in [5.41, 5.74) is -0.861. The number of thiazole rings is 1. The summed E-state index contributed by atoms with van der Waals surface area (Å²) in [7, 11) is 0. The molecule has 3 aromatic rings. The summed E-state index contributed by atoms with van der Waals surface area (Å²) in [6.45, 7) is 5.26. The predicted octanol–water partition coefficient (Wildman–Crippen LogP) is 5.44. The maximum Gasteiger partial charge on any atom is 0.413 e. The van der Waals surface area contributed by atoms with Gasteiger partial charge in [0.15, 0.2) is 10.9 Å². The second-order valence-corrected chi connectivity index (χ2v) is 11.4. The normalized spacial score (nSPS) is 17.3. The number of fused-ring (bicyclic) bond motifs is 3. The third kappa shape index (κ3) is 5.03. The summed E-state index contributed by atoms with van der Waals surface area (Å²) in [6.07, 6.45) is -1.90. The number of anilines is 1. The first kappa shape index (κ1) is 26.9. The van der Waals surface area contributed by atoms with Crippen LogP contribution in [0.5, 0.6) is 5.75 Å². The number of benzene rings is 2. The number of ether oxygens (including phenoxy) is 2. The quantitative estimate of drug-likeness (QED) is 0.414. The Labute approximate surface area is 230 Å². The number of halogens is 3. The van der Waals surface area contributed by atoms with Gasteiger partial charge in [-0.2, -0.15) is 0 Å². The molecule has 1 aromatic heterocycles. The van der Waals surface area contributed by atoms with Crippen molar-refractivity contribution in [2.75, 3.05) is 31.6 Å². The summed E-state index contributed by atoms with van der Waals surface area (Å²) in [5.74, 6) is -2.09. The van der Waals surface area contributed by atoms with Crippen molar-refractivity contribution in [1.82, 2.24) is 14.8 Å². The molecule has 39 heavy (non-hydrogen) atoms. The topological polar surface area (TPSA) is 121 Å². The Morgan fingerprint density at radius 3 is 2.67 bits per heavy atom. The largest absolute Gasteiger partial charge is 0.489 e. The third-order valence-electron chi connectivity index (χ3n) is 6.21. The van der Waals surface area contributed by atoms with Crippen LogP contribution in [0.25, 0.3) is 21.3 Å². The summed E-state index contributed by atoms with van der Waals surface area (Å²) in [5, 5.41) is 11.6. The number of nitrogens with zero attached hydrogens (tertiary/aromatic N) is 3. The van der Waals surface area contributed by atoms with Crippen LogP contribution in [-0.2, 0) is 4.74 Å². The van der Waals surface area contributed by atoms with E-state index in [0.29, 0.717) is 0 Å². The van der Waals surface area contributed by atoms with Gasteiger partial charge in [0.2, 0.25) is 0 Å². The molecular formula is C25H23ClF2N4O6S. The van der Waals surface area contributed by atoms with Gasteiger partial charge in [-0.1, -0.05) is 22.9 Å². The van der Waals surface area contributed by atoms with Crippen molar-refractivity contribution < 1.29 is 37.7 Å². The van der Waals surface area contributed by atoms with Crippen LogP contribution < -0.4 is 10.1 Å². The molecule has 0 bridgehead atoms. The minimum atomic E-state index is -1.11. The first-order chi connectivity index (χ1) is 18.3. The van der Waals surface area contributed by atoms with Crippen molar-refractivity contribution in [3.05, 3.63) is 40.4 Å². The van der Waals surface area contributed by atoms with Gasteiger partial charge in [-0.15, -0.1) is 0 Å². The monoisotopic (exact) mass is 580 g/mol. The second kappa shape index (κ2) is 9.79. The first-order valence-corrected chi connectivity index (χ1v) is 13.1. The molecule has 1 fully saturated rings. The molecule has 2 aliphatic heterocycles. The fourth-order valence-electron chi connectivity index (χ4n) is 4.54. The molecule has 0 spiro atoms. The van der Waals surface area contributed by atoms with Crippen LogP contribution in [0.2, 0.25) is 5.02 Å². The fourth-order valence-corrected chi connectivity index (χ4v) is 5.77. The highest BCUT2D eigenvalue weighted by molar-refractivity contribution is 7.22. The summed E-state index contributed by atoms with van der Waals surface area (Å²) >= 11 is 7.48. The SMILES string of the molecule is CC(C)(C)OC(=O)Nc1nc2c(-c3c(F)cc4c(c3Cl)OC[C@H]3CN(C(=O)O)CCN3C4=O)ccc(F)c2s1. The lowest BCUT2D eigenvalue weighted by Crippen LogP contribution is -2.57. The molecule has 1 saturated heterocycles. The van der Waals surface area contributed by atoms with Crippen LogP contribution in [0.1, 0.15) is 31.1 Å². The molecule has 2 N–H and O–H groups in total. The maximum absolute atomic E-state index is 15.6. The van der Waals surface area contributed by atoms with Gasteiger partial charge < -0.3 is 24.4 Å². The maximum atomic E-state index is 15.6. The van der Waals surface area contributed by atoms with Crippen LogP contribution in [-0.4, -0.2) is 75.9 Å². The molecule has 1 atom stereocenters. The van der Waals surface area contributed by atoms with E-state index < -0.39 is 41.4 Å². The number of carbonyl (C=O) groups excluding carboxylic acids is 2. The number of amides is 3. The summed E-state index contributed by atoms with van der Waals surface area (Å²) < 4.78 is 41.5. The fraction of sp³-hybridized carbons (Fsp3) is 0.360. The van der Waals surface area contributed by atoms with Crippen molar-refractivity contribution in [2.24, 2.45) is 0 Å². The average molecular weight is 581 g/mol. The molecule has 5 rings (SSSR count). The average Bonchev–Trinajstić information content (AvgIpc) is 3.21. The molecule has 0 aliphatic carbocycles. The van der Waals surface area contributed by atoms with E-state index in [1.165, 1.54) is 15.9 Å². The van der Waals surface area contributed by atoms with Gasteiger partial charge in [-0.25, -0.2) is 23.4 Å². The number of hydrogen-bond donors (Lipinski definition) is 2. The van der Waals surface area contributed by atoms with Gasteiger partial charge in [0.1, 0.15) is 23.8 Å².